The highest BCUT2D eigenvalue weighted by atomic mass is 35.5. The van der Waals surface area contributed by atoms with E-state index in [2.05, 4.69) is 61.2 Å². The zero-order valence-corrected chi connectivity index (χ0v) is 24.1. The van der Waals surface area contributed by atoms with Gasteiger partial charge in [0.25, 0.3) is 0 Å². The Balaban J connectivity index is 1.36. The first-order valence-electron chi connectivity index (χ1n) is 13.6. The van der Waals surface area contributed by atoms with Crippen LogP contribution >= 0.6 is 23.4 Å². The maximum atomic E-state index is 12.3. The highest BCUT2D eigenvalue weighted by molar-refractivity contribution is 7.99. The van der Waals surface area contributed by atoms with Crippen LogP contribution in [0, 0.1) is 5.41 Å². The van der Waals surface area contributed by atoms with Gasteiger partial charge in [-0.25, -0.2) is 9.78 Å². The molecule has 200 valence electrons. The number of carbonyl (C=O) groups is 1. The first-order chi connectivity index (χ1) is 19.0. The first kappa shape index (κ1) is 27.5. The molecule has 0 bridgehead atoms. The molecule has 0 saturated heterocycles. The van der Waals surface area contributed by atoms with E-state index in [0.717, 1.165) is 40.6 Å². The van der Waals surface area contributed by atoms with E-state index in [-0.39, 0.29) is 5.97 Å². The van der Waals surface area contributed by atoms with Gasteiger partial charge in [0.2, 0.25) is 0 Å². The van der Waals surface area contributed by atoms with Gasteiger partial charge in [0, 0.05) is 15.7 Å². The Morgan fingerprint density at radius 3 is 2.67 bits per heavy atom. The fraction of sp³-hybridized carbons (Fsp3) is 0.294. The highest BCUT2D eigenvalue weighted by Crippen LogP contribution is 2.53. The van der Waals surface area contributed by atoms with Crippen LogP contribution in [0.1, 0.15) is 70.6 Å². The Morgan fingerprint density at radius 1 is 1.05 bits per heavy atom. The van der Waals surface area contributed by atoms with Crippen molar-refractivity contribution >= 4 is 52.4 Å². The minimum Gasteiger partial charge on any atom is -0.465 e. The topological polar surface area (TPSA) is 39.2 Å². The van der Waals surface area contributed by atoms with E-state index >= 15 is 0 Å². The number of fused-ring (bicyclic) bond motifs is 1. The second kappa shape index (κ2) is 12.4. The number of nitrogens with zero attached hydrogens (tertiary/aromatic N) is 1. The minimum absolute atomic E-state index is 0.269. The van der Waals surface area contributed by atoms with Crippen LogP contribution in [0.3, 0.4) is 0 Å². The lowest BCUT2D eigenvalue weighted by atomic mass is 9.98. The van der Waals surface area contributed by atoms with Crippen LogP contribution in [0.4, 0.5) is 0 Å². The van der Waals surface area contributed by atoms with Gasteiger partial charge in [0.15, 0.2) is 0 Å². The van der Waals surface area contributed by atoms with Crippen molar-refractivity contribution in [2.45, 2.75) is 44.3 Å². The number of halogens is 1. The summed E-state index contributed by atoms with van der Waals surface area (Å²) in [6.45, 7) is 2.31. The molecule has 1 saturated carbocycles. The van der Waals surface area contributed by atoms with Crippen LogP contribution in [0.5, 0.6) is 0 Å². The van der Waals surface area contributed by atoms with Crippen LogP contribution in [0.2, 0.25) is 5.02 Å². The molecule has 0 amide bonds. The summed E-state index contributed by atoms with van der Waals surface area (Å²) in [6, 6.07) is 26.5. The maximum Gasteiger partial charge on any atom is 0.338 e. The molecule has 1 heterocycles. The van der Waals surface area contributed by atoms with E-state index in [0.29, 0.717) is 21.3 Å². The van der Waals surface area contributed by atoms with Crippen LogP contribution < -0.4 is 0 Å². The third-order valence-corrected chi connectivity index (χ3v) is 9.73. The monoisotopic (exact) mass is 555 g/mol. The summed E-state index contributed by atoms with van der Waals surface area (Å²) >= 11 is 8.24. The Labute approximate surface area is 240 Å². The molecule has 5 heteroatoms. The highest BCUT2D eigenvalue weighted by Gasteiger charge is 2.40. The predicted octanol–water partition coefficient (Wildman–Crippen LogP) is 9.44. The zero-order valence-electron chi connectivity index (χ0n) is 22.5. The Bertz CT molecular complexity index is 1490. The Kier molecular flexibility index (Phi) is 8.74. The first-order valence-corrected chi connectivity index (χ1v) is 15.0. The van der Waals surface area contributed by atoms with Gasteiger partial charge in [-0.1, -0.05) is 79.2 Å². The van der Waals surface area contributed by atoms with Crippen molar-refractivity contribution in [3.05, 3.63) is 112 Å². The molecule has 3 aromatic carbocycles. The number of hydrogen-bond donors (Lipinski definition) is 0. The largest absolute Gasteiger partial charge is 0.465 e. The normalized spacial score (nSPS) is 14.9. The van der Waals surface area contributed by atoms with E-state index in [1.54, 1.807) is 0 Å². The van der Waals surface area contributed by atoms with Gasteiger partial charge in [0.1, 0.15) is 0 Å². The molecular formula is C34H34ClNO2S. The summed E-state index contributed by atoms with van der Waals surface area (Å²) in [5.74, 6) is 0.908. The van der Waals surface area contributed by atoms with E-state index in [9.17, 15) is 4.79 Å². The molecule has 0 spiro atoms. The summed E-state index contributed by atoms with van der Waals surface area (Å²) in [5.41, 5.74) is 6.49. The molecular weight excluding hydrogens is 522 g/mol. The number of carbonyl (C=O) groups excluding carboxylic acids is 1. The number of esters is 1. The Hall–Kier alpha value is -3.08. The SMILES string of the molecule is CCC1(CS[C@H](CCc2ccccc2C(=O)OC)c2cccc(/C=C/c3ccc4ccc(Cl)cc4n3)c2)CC1. The molecule has 0 radical (unpaired) electrons. The fourth-order valence-electron chi connectivity index (χ4n) is 4.98. The van der Waals surface area contributed by atoms with E-state index in [4.69, 9.17) is 21.3 Å². The summed E-state index contributed by atoms with van der Waals surface area (Å²) in [6.07, 6.45) is 9.88. The van der Waals surface area contributed by atoms with Crippen LogP contribution in [-0.4, -0.2) is 23.8 Å². The van der Waals surface area contributed by atoms with Crippen molar-refractivity contribution in [3.8, 4) is 0 Å². The lowest BCUT2D eigenvalue weighted by Gasteiger charge is -2.21. The summed E-state index contributed by atoms with van der Waals surface area (Å²) in [7, 11) is 1.44. The molecule has 1 fully saturated rings. The van der Waals surface area contributed by atoms with Crippen LogP contribution in [0.15, 0.2) is 78.9 Å². The van der Waals surface area contributed by atoms with Gasteiger partial charge < -0.3 is 4.74 Å². The van der Waals surface area contributed by atoms with Crippen molar-refractivity contribution in [2.24, 2.45) is 5.41 Å². The number of aryl methyl sites for hydroxylation is 1. The van der Waals surface area contributed by atoms with E-state index in [1.165, 1.54) is 37.7 Å². The van der Waals surface area contributed by atoms with Crippen LogP contribution in [0.25, 0.3) is 23.1 Å². The van der Waals surface area contributed by atoms with Gasteiger partial charge in [-0.2, -0.15) is 11.8 Å². The number of thioether (sulfide) groups is 1. The smallest absolute Gasteiger partial charge is 0.338 e. The van der Waals surface area contributed by atoms with Gasteiger partial charge in [-0.3, -0.25) is 0 Å². The molecule has 1 atom stereocenters. The van der Waals surface area contributed by atoms with Gasteiger partial charge in [0.05, 0.1) is 23.9 Å². The van der Waals surface area contributed by atoms with Crippen molar-refractivity contribution < 1.29 is 9.53 Å². The molecule has 0 aliphatic heterocycles. The number of hydrogen-bond acceptors (Lipinski definition) is 4. The molecule has 4 aromatic rings. The number of methoxy groups -OCH3 is 1. The number of rotatable bonds is 11. The van der Waals surface area contributed by atoms with E-state index in [1.807, 2.05) is 48.5 Å². The molecule has 1 aliphatic rings. The van der Waals surface area contributed by atoms with Gasteiger partial charge in [-0.05, 0) is 90.3 Å². The second-order valence-electron chi connectivity index (χ2n) is 10.4. The molecule has 1 aliphatic carbocycles. The van der Waals surface area contributed by atoms with Crippen LogP contribution in [-0.2, 0) is 11.2 Å². The molecule has 39 heavy (non-hydrogen) atoms. The number of pyridine rings is 1. The third kappa shape index (κ3) is 6.93. The van der Waals surface area contributed by atoms with Crippen molar-refractivity contribution in [2.75, 3.05) is 12.9 Å². The lowest BCUT2D eigenvalue weighted by Crippen LogP contribution is -2.08. The average molecular weight is 556 g/mol. The summed E-state index contributed by atoms with van der Waals surface area (Å²) < 4.78 is 5.03. The second-order valence-corrected chi connectivity index (χ2v) is 12.0. The molecule has 1 aromatic heterocycles. The summed E-state index contributed by atoms with van der Waals surface area (Å²) in [5, 5.41) is 2.11. The van der Waals surface area contributed by atoms with Gasteiger partial charge >= 0.3 is 5.97 Å². The maximum absolute atomic E-state index is 12.3. The standard InChI is InChI=1S/C34H34ClNO2S/c1-3-34(19-20-34)23-39-32(18-14-25-8-4-5-10-30(25)33(37)38-2)27-9-6-7-24(21-27)11-16-29-17-13-26-12-15-28(35)22-31(26)36-29/h4-13,15-17,21-22,32H,3,14,18-20,23H2,1-2H3/b16-11+/t32-/m1/s1. The quantitative estimate of drug-likeness (QED) is 0.173. The van der Waals surface area contributed by atoms with Crippen molar-refractivity contribution in [3.63, 3.8) is 0 Å². The van der Waals surface area contributed by atoms with Gasteiger partial charge in [-0.15, -0.1) is 0 Å². The van der Waals surface area contributed by atoms with Crippen molar-refractivity contribution in [1.29, 1.82) is 0 Å². The Morgan fingerprint density at radius 2 is 1.87 bits per heavy atom. The zero-order chi connectivity index (χ0) is 27.2. The molecule has 5 rings (SSSR count). The summed E-state index contributed by atoms with van der Waals surface area (Å²) in [4.78, 5) is 17.1. The van der Waals surface area contributed by atoms with Crippen molar-refractivity contribution in [1.82, 2.24) is 4.98 Å². The molecule has 0 unspecified atom stereocenters. The minimum atomic E-state index is -0.269. The molecule has 3 nitrogen and oxygen atoms in total. The third-order valence-electron chi connectivity index (χ3n) is 7.80. The predicted molar refractivity (Wildman–Crippen MR) is 165 cm³/mol. The van der Waals surface area contributed by atoms with E-state index < -0.39 is 0 Å². The lowest BCUT2D eigenvalue weighted by molar-refractivity contribution is 0.0599. The number of aromatic nitrogens is 1. The fourth-order valence-corrected chi connectivity index (χ4v) is 6.82. The molecule has 0 N–H and O–H groups in total. The average Bonchev–Trinajstić information content (AvgIpc) is 3.76. The number of ether oxygens (including phenoxy) is 1. The number of benzene rings is 3.